The number of para-hydroxylation sites is 1. The van der Waals surface area contributed by atoms with E-state index in [9.17, 15) is 9.18 Å². The standard InChI is InChI=1S/C16H15FN2O2/c17-13-6-5-12(7-11(13)9-18)19-16(20)15-8-10-3-1-2-4-14(10)21-15/h1-7,15H,8-9,18H2,(H,19,20). The van der Waals surface area contributed by atoms with Gasteiger partial charge in [-0.15, -0.1) is 0 Å². The predicted molar refractivity (Wildman–Crippen MR) is 77.5 cm³/mol. The van der Waals surface area contributed by atoms with E-state index in [4.69, 9.17) is 10.5 Å². The van der Waals surface area contributed by atoms with Crippen molar-refractivity contribution in [2.75, 3.05) is 5.32 Å². The maximum atomic E-state index is 13.4. The summed E-state index contributed by atoms with van der Waals surface area (Å²) in [5.74, 6) is 0.111. The summed E-state index contributed by atoms with van der Waals surface area (Å²) in [6, 6.07) is 11.9. The molecule has 0 spiro atoms. The van der Waals surface area contributed by atoms with Gasteiger partial charge in [0.25, 0.3) is 5.91 Å². The molecule has 1 aliphatic heterocycles. The SMILES string of the molecule is NCc1cc(NC(=O)C2Cc3ccccc3O2)ccc1F. The van der Waals surface area contributed by atoms with E-state index in [1.54, 1.807) is 0 Å². The highest BCUT2D eigenvalue weighted by Crippen LogP contribution is 2.28. The Hall–Kier alpha value is -2.40. The number of fused-ring (bicyclic) bond motifs is 1. The third-order valence-electron chi connectivity index (χ3n) is 3.47. The second kappa shape index (κ2) is 5.54. The predicted octanol–water partition coefficient (Wildman–Crippen LogP) is 2.23. The van der Waals surface area contributed by atoms with Gasteiger partial charge in [-0.1, -0.05) is 18.2 Å². The molecule has 1 heterocycles. The van der Waals surface area contributed by atoms with Crippen molar-refractivity contribution in [2.45, 2.75) is 19.1 Å². The van der Waals surface area contributed by atoms with Gasteiger partial charge in [0, 0.05) is 24.2 Å². The van der Waals surface area contributed by atoms with E-state index >= 15 is 0 Å². The van der Waals surface area contributed by atoms with Crippen LogP contribution in [0.1, 0.15) is 11.1 Å². The molecule has 1 atom stereocenters. The van der Waals surface area contributed by atoms with Gasteiger partial charge < -0.3 is 15.8 Å². The number of benzene rings is 2. The molecule has 0 bridgehead atoms. The number of nitrogens with two attached hydrogens (primary N) is 1. The van der Waals surface area contributed by atoms with Crippen LogP contribution in [0.4, 0.5) is 10.1 Å². The zero-order valence-electron chi connectivity index (χ0n) is 11.3. The van der Waals surface area contributed by atoms with E-state index < -0.39 is 6.10 Å². The number of hydrogen-bond acceptors (Lipinski definition) is 3. The zero-order valence-corrected chi connectivity index (χ0v) is 11.3. The minimum atomic E-state index is -0.561. The molecule has 0 saturated heterocycles. The summed E-state index contributed by atoms with van der Waals surface area (Å²) in [6.07, 6.45) is -0.0266. The van der Waals surface area contributed by atoms with Crippen molar-refractivity contribution < 1.29 is 13.9 Å². The highest BCUT2D eigenvalue weighted by atomic mass is 19.1. The highest BCUT2D eigenvalue weighted by Gasteiger charge is 2.28. The Morgan fingerprint density at radius 1 is 1.33 bits per heavy atom. The Morgan fingerprint density at radius 2 is 2.14 bits per heavy atom. The van der Waals surface area contributed by atoms with Crippen molar-refractivity contribution in [1.29, 1.82) is 0 Å². The van der Waals surface area contributed by atoms with Gasteiger partial charge in [0.05, 0.1) is 0 Å². The summed E-state index contributed by atoms with van der Waals surface area (Å²) < 4.78 is 19.0. The van der Waals surface area contributed by atoms with Gasteiger partial charge in [-0.3, -0.25) is 4.79 Å². The number of carbonyl (C=O) groups excluding carboxylic acids is 1. The third-order valence-corrected chi connectivity index (χ3v) is 3.47. The molecule has 0 aromatic heterocycles. The van der Waals surface area contributed by atoms with E-state index in [0.717, 1.165) is 11.3 Å². The van der Waals surface area contributed by atoms with Crippen molar-refractivity contribution in [3.05, 3.63) is 59.4 Å². The van der Waals surface area contributed by atoms with Crippen molar-refractivity contribution in [1.82, 2.24) is 0 Å². The van der Waals surface area contributed by atoms with Crippen LogP contribution in [0.3, 0.4) is 0 Å². The lowest BCUT2D eigenvalue weighted by molar-refractivity contribution is -0.122. The van der Waals surface area contributed by atoms with Crippen molar-refractivity contribution in [3.8, 4) is 5.75 Å². The lowest BCUT2D eigenvalue weighted by atomic mass is 10.1. The van der Waals surface area contributed by atoms with Crippen LogP contribution in [-0.4, -0.2) is 12.0 Å². The Morgan fingerprint density at radius 3 is 2.90 bits per heavy atom. The first-order chi connectivity index (χ1) is 10.2. The Kier molecular flexibility index (Phi) is 3.58. The fraction of sp³-hybridized carbons (Fsp3) is 0.188. The van der Waals surface area contributed by atoms with Crippen LogP contribution in [0.5, 0.6) is 5.75 Å². The van der Waals surface area contributed by atoms with Crippen LogP contribution in [0.15, 0.2) is 42.5 Å². The van der Waals surface area contributed by atoms with Crippen LogP contribution >= 0.6 is 0 Å². The van der Waals surface area contributed by atoms with E-state index in [0.29, 0.717) is 17.7 Å². The molecular weight excluding hydrogens is 271 g/mol. The zero-order chi connectivity index (χ0) is 14.8. The molecule has 1 amide bonds. The van der Waals surface area contributed by atoms with Gasteiger partial charge in [-0.2, -0.15) is 0 Å². The number of halogens is 1. The average molecular weight is 286 g/mol. The number of carbonyl (C=O) groups is 1. The summed E-state index contributed by atoms with van der Waals surface area (Å²) in [5.41, 5.74) is 7.35. The number of amides is 1. The topological polar surface area (TPSA) is 64.3 Å². The summed E-state index contributed by atoms with van der Waals surface area (Å²) >= 11 is 0. The molecule has 5 heteroatoms. The highest BCUT2D eigenvalue weighted by molar-refractivity contribution is 5.95. The second-order valence-electron chi connectivity index (χ2n) is 4.92. The van der Waals surface area contributed by atoms with Crippen LogP contribution < -0.4 is 15.8 Å². The largest absolute Gasteiger partial charge is 0.480 e. The fourth-order valence-electron chi connectivity index (χ4n) is 2.36. The Labute approximate surface area is 121 Å². The third kappa shape index (κ3) is 2.73. The summed E-state index contributed by atoms with van der Waals surface area (Å²) in [5, 5.41) is 2.73. The van der Waals surface area contributed by atoms with Crippen molar-refractivity contribution in [3.63, 3.8) is 0 Å². The van der Waals surface area contributed by atoms with Gasteiger partial charge >= 0.3 is 0 Å². The molecule has 1 aliphatic rings. The maximum absolute atomic E-state index is 13.4. The molecule has 21 heavy (non-hydrogen) atoms. The first-order valence-corrected chi connectivity index (χ1v) is 6.71. The van der Waals surface area contributed by atoms with Crippen LogP contribution in [0.2, 0.25) is 0 Å². The molecule has 0 aliphatic carbocycles. The number of anilines is 1. The normalized spacial score (nSPS) is 16.2. The molecule has 3 N–H and O–H groups in total. The average Bonchev–Trinajstić information content (AvgIpc) is 2.93. The molecule has 2 aromatic rings. The van der Waals surface area contributed by atoms with Crippen molar-refractivity contribution >= 4 is 11.6 Å². The van der Waals surface area contributed by atoms with Gasteiger partial charge in [-0.25, -0.2) is 4.39 Å². The number of nitrogens with one attached hydrogen (secondary N) is 1. The van der Waals surface area contributed by atoms with Gasteiger partial charge in [0.2, 0.25) is 0 Å². The molecule has 4 nitrogen and oxygen atoms in total. The van der Waals surface area contributed by atoms with Gasteiger partial charge in [0.1, 0.15) is 11.6 Å². The number of ether oxygens (including phenoxy) is 1. The van der Waals surface area contributed by atoms with Crippen LogP contribution in [-0.2, 0) is 17.8 Å². The van der Waals surface area contributed by atoms with Crippen LogP contribution in [0, 0.1) is 5.82 Å². The second-order valence-corrected chi connectivity index (χ2v) is 4.92. The molecule has 108 valence electrons. The minimum absolute atomic E-state index is 0.0842. The Bertz CT molecular complexity index is 663. The summed E-state index contributed by atoms with van der Waals surface area (Å²) in [6.45, 7) is 0.0842. The Balaban J connectivity index is 1.71. The molecule has 1 unspecified atom stereocenters. The van der Waals surface area contributed by atoms with E-state index in [1.165, 1.54) is 18.2 Å². The number of rotatable bonds is 3. The maximum Gasteiger partial charge on any atom is 0.265 e. The molecule has 2 aromatic carbocycles. The molecule has 0 fully saturated rings. The monoisotopic (exact) mass is 286 g/mol. The smallest absolute Gasteiger partial charge is 0.265 e. The quantitative estimate of drug-likeness (QED) is 0.909. The molecule has 0 radical (unpaired) electrons. The molecule has 0 saturated carbocycles. The van der Waals surface area contributed by atoms with E-state index in [1.807, 2.05) is 24.3 Å². The van der Waals surface area contributed by atoms with Crippen molar-refractivity contribution in [2.24, 2.45) is 5.73 Å². The summed E-state index contributed by atoms with van der Waals surface area (Å²) in [4.78, 5) is 12.2. The summed E-state index contributed by atoms with van der Waals surface area (Å²) in [7, 11) is 0. The first kappa shape index (κ1) is 13.6. The molecule has 3 rings (SSSR count). The number of hydrogen-bond donors (Lipinski definition) is 2. The first-order valence-electron chi connectivity index (χ1n) is 6.71. The fourth-order valence-corrected chi connectivity index (χ4v) is 2.36. The minimum Gasteiger partial charge on any atom is -0.480 e. The van der Waals surface area contributed by atoms with Gasteiger partial charge in [0.15, 0.2) is 6.10 Å². The van der Waals surface area contributed by atoms with E-state index in [2.05, 4.69) is 5.32 Å². The lowest BCUT2D eigenvalue weighted by Gasteiger charge is -2.12. The lowest BCUT2D eigenvalue weighted by Crippen LogP contribution is -2.31. The van der Waals surface area contributed by atoms with Crippen LogP contribution in [0.25, 0.3) is 0 Å². The molecular formula is C16H15FN2O2. The van der Waals surface area contributed by atoms with Gasteiger partial charge in [-0.05, 0) is 29.8 Å². The van der Waals surface area contributed by atoms with E-state index in [-0.39, 0.29) is 18.3 Å².